The standard InChI is InChI=1S/C17H24ClN3O/c18-15-6-1-2-7-16(15)19-17(22)8-10-20-11-12-21-9-4-3-5-14(21)13-20/h1-2,6-7,14H,3-5,8-13H2,(H,19,22). The van der Waals surface area contributed by atoms with Gasteiger partial charge < -0.3 is 5.32 Å². The smallest absolute Gasteiger partial charge is 0.225 e. The van der Waals surface area contributed by atoms with E-state index in [0.717, 1.165) is 26.2 Å². The van der Waals surface area contributed by atoms with Gasteiger partial charge in [-0.05, 0) is 31.5 Å². The molecule has 1 amide bonds. The van der Waals surface area contributed by atoms with Gasteiger partial charge in [0.25, 0.3) is 0 Å². The second kappa shape index (κ2) is 7.44. The first-order valence-electron chi connectivity index (χ1n) is 8.23. The predicted molar refractivity (Wildman–Crippen MR) is 90.4 cm³/mol. The van der Waals surface area contributed by atoms with E-state index in [9.17, 15) is 4.79 Å². The predicted octanol–water partition coefficient (Wildman–Crippen LogP) is 2.84. The second-order valence-electron chi connectivity index (χ2n) is 6.26. The summed E-state index contributed by atoms with van der Waals surface area (Å²) in [6.45, 7) is 5.43. The number of halogens is 1. The number of nitrogens with one attached hydrogen (secondary N) is 1. The summed E-state index contributed by atoms with van der Waals surface area (Å²) >= 11 is 6.06. The molecule has 1 aromatic carbocycles. The Labute approximate surface area is 137 Å². The van der Waals surface area contributed by atoms with E-state index in [2.05, 4.69) is 15.1 Å². The maximum absolute atomic E-state index is 12.1. The zero-order valence-electron chi connectivity index (χ0n) is 12.9. The Bertz CT molecular complexity index is 522. The van der Waals surface area contributed by atoms with E-state index in [1.807, 2.05) is 18.2 Å². The highest BCUT2D eigenvalue weighted by atomic mass is 35.5. The van der Waals surface area contributed by atoms with E-state index in [1.54, 1.807) is 6.07 Å². The lowest BCUT2D eigenvalue weighted by Crippen LogP contribution is -2.55. The average molecular weight is 322 g/mol. The molecule has 1 aromatic rings. The van der Waals surface area contributed by atoms with Crippen LogP contribution in [0, 0.1) is 0 Å². The molecule has 1 N–H and O–H groups in total. The largest absolute Gasteiger partial charge is 0.325 e. The molecule has 0 saturated carbocycles. The van der Waals surface area contributed by atoms with Crippen molar-refractivity contribution in [1.29, 1.82) is 0 Å². The van der Waals surface area contributed by atoms with Crippen LogP contribution in [0.4, 0.5) is 5.69 Å². The van der Waals surface area contributed by atoms with Gasteiger partial charge >= 0.3 is 0 Å². The fourth-order valence-corrected chi connectivity index (χ4v) is 3.64. The molecule has 2 fully saturated rings. The summed E-state index contributed by atoms with van der Waals surface area (Å²) in [5, 5.41) is 3.49. The number of fused-ring (bicyclic) bond motifs is 1. The number of nitrogens with zero attached hydrogens (tertiary/aromatic N) is 2. The zero-order valence-corrected chi connectivity index (χ0v) is 13.7. The van der Waals surface area contributed by atoms with Crippen LogP contribution in [0.5, 0.6) is 0 Å². The number of anilines is 1. The minimum atomic E-state index is 0.0409. The third-order valence-electron chi connectivity index (χ3n) is 4.72. The van der Waals surface area contributed by atoms with Crippen molar-refractivity contribution in [2.45, 2.75) is 31.7 Å². The monoisotopic (exact) mass is 321 g/mol. The molecule has 0 aromatic heterocycles. The molecule has 2 aliphatic heterocycles. The first-order valence-corrected chi connectivity index (χ1v) is 8.61. The molecule has 2 heterocycles. The number of carbonyl (C=O) groups is 1. The maximum atomic E-state index is 12.1. The summed E-state index contributed by atoms with van der Waals surface area (Å²) < 4.78 is 0. The molecule has 0 bridgehead atoms. The van der Waals surface area contributed by atoms with E-state index in [-0.39, 0.29) is 5.91 Å². The number of piperazine rings is 1. The maximum Gasteiger partial charge on any atom is 0.225 e. The quantitative estimate of drug-likeness (QED) is 0.926. The second-order valence-corrected chi connectivity index (χ2v) is 6.67. The third-order valence-corrected chi connectivity index (χ3v) is 5.05. The van der Waals surface area contributed by atoms with Gasteiger partial charge in [-0.2, -0.15) is 0 Å². The van der Waals surface area contributed by atoms with Gasteiger partial charge in [0.1, 0.15) is 0 Å². The summed E-state index contributed by atoms with van der Waals surface area (Å²) in [7, 11) is 0. The van der Waals surface area contributed by atoms with Crippen LogP contribution in [0.2, 0.25) is 5.02 Å². The fourth-order valence-electron chi connectivity index (χ4n) is 3.46. The number of para-hydroxylation sites is 1. The van der Waals surface area contributed by atoms with E-state index in [1.165, 1.54) is 25.8 Å². The van der Waals surface area contributed by atoms with E-state index < -0.39 is 0 Å². The van der Waals surface area contributed by atoms with Crippen molar-refractivity contribution < 1.29 is 4.79 Å². The molecule has 0 radical (unpaired) electrons. The van der Waals surface area contributed by atoms with Crippen molar-refractivity contribution in [3.8, 4) is 0 Å². The summed E-state index contributed by atoms with van der Waals surface area (Å²) in [5.41, 5.74) is 0.700. The Balaban J connectivity index is 1.44. The van der Waals surface area contributed by atoms with Gasteiger partial charge in [0, 0.05) is 38.6 Å². The Morgan fingerprint density at radius 3 is 2.95 bits per heavy atom. The van der Waals surface area contributed by atoms with Gasteiger partial charge in [0.15, 0.2) is 0 Å². The zero-order chi connectivity index (χ0) is 15.4. The molecule has 22 heavy (non-hydrogen) atoms. The summed E-state index contributed by atoms with van der Waals surface area (Å²) in [4.78, 5) is 17.1. The number of hydrogen-bond acceptors (Lipinski definition) is 3. The normalized spacial score (nSPS) is 23.0. The van der Waals surface area contributed by atoms with Gasteiger partial charge in [-0.25, -0.2) is 0 Å². The molecule has 0 aliphatic carbocycles. The van der Waals surface area contributed by atoms with Crippen LogP contribution in [0.1, 0.15) is 25.7 Å². The highest BCUT2D eigenvalue weighted by molar-refractivity contribution is 6.33. The lowest BCUT2D eigenvalue weighted by Gasteiger charge is -2.44. The van der Waals surface area contributed by atoms with Gasteiger partial charge in [-0.15, -0.1) is 0 Å². The molecule has 5 heteroatoms. The lowest BCUT2D eigenvalue weighted by atomic mass is 9.99. The van der Waals surface area contributed by atoms with Crippen molar-refractivity contribution >= 4 is 23.2 Å². The van der Waals surface area contributed by atoms with Gasteiger partial charge in [-0.1, -0.05) is 30.2 Å². The van der Waals surface area contributed by atoms with Crippen molar-refractivity contribution in [1.82, 2.24) is 9.80 Å². The molecule has 0 spiro atoms. The Morgan fingerprint density at radius 2 is 2.09 bits per heavy atom. The number of hydrogen-bond donors (Lipinski definition) is 1. The fraction of sp³-hybridized carbons (Fsp3) is 0.588. The van der Waals surface area contributed by atoms with Crippen LogP contribution >= 0.6 is 11.6 Å². The third kappa shape index (κ3) is 4.00. The van der Waals surface area contributed by atoms with Gasteiger partial charge in [-0.3, -0.25) is 14.6 Å². The van der Waals surface area contributed by atoms with Crippen LogP contribution < -0.4 is 5.32 Å². The topological polar surface area (TPSA) is 35.6 Å². The summed E-state index contributed by atoms with van der Waals surface area (Å²) in [5.74, 6) is 0.0409. The van der Waals surface area contributed by atoms with Gasteiger partial charge in [0.05, 0.1) is 10.7 Å². The molecule has 2 aliphatic rings. The number of carbonyl (C=O) groups excluding carboxylic acids is 1. The van der Waals surface area contributed by atoms with Crippen molar-refractivity contribution in [2.24, 2.45) is 0 Å². The molecule has 1 unspecified atom stereocenters. The van der Waals surface area contributed by atoms with Crippen LogP contribution in [-0.4, -0.2) is 54.5 Å². The number of rotatable bonds is 4. The molecule has 2 saturated heterocycles. The van der Waals surface area contributed by atoms with Crippen LogP contribution in [0.15, 0.2) is 24.3 Å². The van der Waals surface area contributed by atoms with E-state index >= 15 is 0 Å². The summed E-state index contributed by atoms with van der Waals surface area (Å²) in [6.07, 6.45) is 4.53. The highest BCUT2D eigenvalue weighted by Gasteiger charge is 2.28. The molecule has 120 valence electrons. The summed E-state index contributed by atoms with van der Waals surface area (Å²) in [6, 6.07) is 8.07. The first kappa shape index (κ1) is 15.8. The molecule has 4 nitrogen and oxygen atoms in total. The Hall–Kier alpha value is -1.10. The Kier molecular flexibility index (Phi) is 5.34. The first-order chi connectivity index (χ1) is 10.7. The van der Waals surface area contributed by atoms with Crippen molar-refractivity contribution in [2.75, 3.05) is 38.0 Å². The number of amides is 1. The molecule has 1 atom stereocenters. The van der Waals surface area contributed by atoms with Crippen LogP contribution in [0.25, 0.3) is 0 Å². The minimum Gasteiger partial charge on any atom is -0.325 e. The van der Waals surface area contributed by atoms with Crippen LogP contribution in [0.3, 0.4) is 0 Å². The van der Waals surface area contributed by atoms with Crippen LogP contribution in [-0.2, 0) is 4.79 Å². The van der Waals surface area contributed by atoms with Crippen molar-refractivity contribution in [3.05, 3.63) is 29.3 Å². The highest BCUT2D eigenvalue weighted by Crippen LogP contribution is 2.22. The minimum absolute atomic E-state index is 0.0409. The number of benzene rings is 1. The number of piperidine rings is 1. The molecular weight excluding hydrogens is 298 g/mol. The van der Waals surface area contributed by atoms with Gasteiger partial charge in [0.2, 0.25) is 5.91 Å². The van der Waals surface area contributed by atoms with E-state index in [0.29, 0.717) is 23.2 Å². The SMILES string of the molecule is O=C(CCN1CCN2CCCCC2C1)Nc1ccccc1Cl. The molecular formula is C17H24ClN3O. The van der Waals surface area contributed by atoms with E-state index in [4.69, 9.17) is 11.6 Å². The lowest BCUT2D eigenvalue weighted by molar-refractivity contribution is -0.116. The average Bonchev–Trinajstić information content (AvgIpc) is 2.55. The molecule has 3 rings (SSSR count). The van der Waals surface area contributed by atoms with Crippen molar-refractivity contribution in [3.63, 3.8) is 0 Å². The Morgan fingerprint density at radius 1 is 1.23 bits per heavy atom.